The first-order valence-electron chi connectivity index (χ1n) is 4.34. The van der Waals surface area contributed by atoms with Crippen molar-refractivity contribution in [2.24, 2.45) is 0 Å². The van der Waals surface area contributed by atoms with Gasteiger partial charge in [-0.05, 0) is 17.7 Å². The van der Waals surface area contributed by atoms with Crippen LogP contribution in [0.3, 0.4) is 0 Å². The average molecular weight is 191 g/mol. The van der Waals surface area contributed by atoms with Crippen molar-refractivity contribution < 1.29 is 4.79 Å². The monoisotopic (exact) mass is 191 g/mol. The van der Waals surface area contributed by atoms with Gasteiger partial charge in [0, 0.05) is 25.5 Å². The van der Waals surface area contributed by atoms with Gasteiger partial charge >= 0.3 is 6.03 Å². The molecule has 0 radical (unpaired) electrons. The molecule has 0 saturated heterocycles. The first-order chi connectivity index (χ1) is 6.83. The van der Waals surface area contributed by atoms with Crippen molar-refractivity contribution in [3.63, 3.8) is 0 Å². The molecule has 0 spiro atoms. The standard InChI is InChI=1S/C10H13N3O/c1-2-5-12-10(14)13-8-9-3-6-11-7-4-9/h2-4,6-7H,1,5,8H2,(H2,12,13,14). The van der Waals surface area contributed by atoms with Crippen LogP contribution in [0.15, 0.2) is 37.2 Å². The number of carbonyl (C=O) groups is 1. The topological polar surface area (TPSA) is 54.0 Å². The molecule has 2 amide bonds. The summed E-state index contributed by atoms with van der Waals surface area (Å²) in [5.74, 6) is 0. The molecule has 14 heavy (non-hydrogen) atoms. The minimum atomic E-state index is -0.193. The highest BCUT2D eigenvalue weighted by atomic mass is 16.2. The van der Waals surface area contributed by atoms with E-state index >= 15 is 0 Å². The van der Waals surface area contributed by atoms with Crippen molar-refractivity contribution in [2.75, 3.05) is 6.54 Å². The number of pyridine rings is 1. The zero-order valence-electron chi connectivity index (χ0n) is 7.86. The normalized spacial score (nSPS) is 9.14. The third kappa shape index (κ3) is 3.71. The Labute approximate surface area is 83.0 Å². The van der Waals surface area contributed by atoms with E-state index in [0.717, 1.165) is 5.56 Å². The second kappa shape index (κ2) is 5.75. The molecule has 74 valence electrons. The summed E-state index contributed by atoms with van der Waals surface area (Å²) in [5, 5.41) is 5.33. The Morgan fingerprint density at radius 2 is 2.14 bits per heavy atom. The van der Waals surface area contributed by atoms with Crippen LogP contribution < -0.4 is 10.6 Å². The Morgan fingerprint density at radius 1 is 1.43 bits per heavy atom. The van der Waals surface area contributed by atoms with Crippen LogP contribution in [0.2, 0.25) is 0 Å². The maximum atomic E-state index is 11.1. The molecule has 0 fully saturated rings. The molecule has 0 aliphatic heterocycles. The number of urea groups is 1. The van der Waals surface area contributed by atoms with Crippen LogP contribution >= 0.6 is 0 Å². The lowest BCUT2D eigenvalue weighted by molar-refractivity contribution is 0.241. The van der Waals surface area contributed by atoms with Gasteiger partial charge in [0.05, 0.1) is 0 Å². The van der Waals surface area contributed by atoms with E-state index in [1.807, 2.05) is 12.1 Å². The highest BCUT2D eigenvalue weighted by Gasteiger charge is 1.97. The molecule has 0 bridgehead atoms. The number of aromatic nitrogens is 1. The summed E-state index contributed by atoms with van der Waals surface area (Å²) in [6.45, 7) is 4.48. The second-order valence-electron chi connectivity index (χ2n) is 2.71. The predicted octanol–water partition coefficient (Wildman–Crippen LogP) is 1.07. The van der Waals surface area contributed by atoms with Gasteiger partial charge in [0.2, 0.25) is 0 Å². The largest absolute Gasteiger partial charge is 0.335 e. The van der Waals surface area contributed by atoms with Gasteiger partial charge in [-0.25, -0.2) is 4.79 Å². The van der Waals surface area contributed by atoms with Gasteiger partial charge in [-0.3, -0.25) is 4.98 Å². The molecule has 4 nitrogen and oxygen atoms in total. The SMILES string of the molecule is C=CCNC(=O)NCc1ccncc1. The molecule has 1 rings (SSSR count). The summed E-state index contributed by atoms with van der Waals surface area (Å²) in [6, 6.07) is 3.52. The number of hydrogen-bond acceptors (Lipinski definition) is 2. The van der Waals surface area contributed by atoms with E-state index < -0.39 is 0 Å². The fraction of sp³-hybridized carbons (Fsp3) is 0.200. The van der Waals surface area contributed by atoms with E-state index in [2.05, 4.69) is 22.2 Å². The van der Waals surface area contributed by atoms with Crippen LogP contribution in [0.5, 0.6) is 0 Å². The lowest BCUT2D eigenvalue weighted by Crippen LogP contribution is -2.34. The first-order valence-corrected chi connectivity index (χ1v) is 4.34. The molecule has 0 unspecified atom stereocenters. The minimum Gasteiger partial charge on any atom is -0.335 e. The van der Waals surface area contributed by atoms with Gasteiger partial charge in [-0.2, -0.15) is 0 Å². The number of hydrogen-bond donors (Lipinski definition) is 2. The van der Waals surface area contributed by atoms with Crippen LogP contribution in [-0.2, 0) is 6.54 Å². The lowest BCUT2D eigenvalue weighted by Gasteiger charge is -2.05. The molecule has 1 aromatic heterocycles. The molecule has 0 aliphatic carbocycles. The number of rotatable bonds is 4. The Morgan fingerprint density at radius 3 is 2.79 bits per heavy atom. The van der Waals surface area contributed by atoms with E-state index in [1.54, 1.807) is 18.5 Å². The predicted molar refractivity (Wildman–Crippen MR) is 54.7 cm³/mol. The van der Waals surface area contributed by atoms with E-state index in [0.29, 0.717) is 13.1 Å². The number of nitrogens with one attached hydrogen (secondary N) is 2. The molecule has 2 N–H and O–H groups in total. The van der Waals surface area contributed by atoms with E-state index in [-0.39, 0.29) is 6.03 Å². The molecule has 0 atom stereocenters. The number of carbonyl (C=O) groups excluding carboxylic acids is 1. The van der Waals surface area contributed by atoms with Crippen molar-refractivity contribution in [3.05, 3.63) is 42.7 Å². The summed E-state index contributed by atoms with van der Waals surface area (Å²) in [4.78, 5) is 15.0. The zero-order chi connectivity index (χ0) is 10.2. The van der Waals surface area contributed by atoms with Gasteiger partial charge in [0.1, 0.15) is 0 Å². The molecule has 1 heterocycles. The Bertz CT molecular complexity index is 297. The molecular formula is C10H13N3O. The molecular weight excluding hydrogens is 178 g/mol. The molecule has 0 saturated carbocycles. The second-order valence-corrected chi connectivity index (χ2v) is 2.71. The van der Waals surface area contributed by atoms with Gasteiger partial charge in [0.15, 0.2) is 0 Å². The summed E-state index contributed by atoms with van der Waals surface area (Å²) in [5.41, 5.74) is 1.02. The zero-order valence-corrected chi connectivity index (χ0v) is 7.86. The Hall–Kier alpha value is -1.84. The van der Waals surface area contributed by atoms with Crippen molar-refractivity contribution in [1.29, 1.82) is 0 Å². The quantitative estimate of drug-likeness (QED) is 0.699. The van der Waals surface area contributed by atoms with Gasteiger partial charge in [-0.1, -0.05) is 6.08 Å². The maximum absolute atomic E-state index is 11.1. The van der Waals surface area contributed by atoms with Gasteiger partial charge in [-0.15, -0.1) is 6.58 Å². The van der Waals surface area contributed by atoms with Crippen LogP contribution in [0.1, 0.15) is 5.56 Å². The van der Waals surface area contributed by atoms with Gasteiger partial charge in [0.25, 0.3) is 0 Å². The number of nitrogens with zero attached hydrogens (tertiary/aromatic N) is 1. The van der Waals surface area contributed by atoms with Crippen molar-refractivity contribution in [2.45, 2.75) is 6.54 Å². The summed E-state index contributed by atoms with van der Waals surface area (Å²) < 4.78 is 0. The molecule has 4 heteroatoms. The van der Waals surface area contributed by atoms with Crippen molar-refractivity contribution in [1.82, 2.24) is 15.6 Å². The third-order valence-corrected chi connectivity index (χ3v) is 1.61. The summed E-state index contributed by atoms with van der Waals surface area (Å²) in [6.07, 6.45) is 5.02. The summed E-state index contributed by atoms with van der Waals surface area (Å²) >= 11 is 0. The van der Waals surface area contributed by atoms with Crippen LogP contribution in [0, 0.1) is 0 Å². The lowest BCUT2D eigenvalue weighted by atomic mass is 10.3. The molecule has 1 aromatic rings. The Balaban J connectivity index is 2.27. The maximum Gasteiger partial charge on any atom is 0.315 e. The van der Waals surface area contributed by atoms with Crippen LogP contribution in [0.25, 0.3) is 0 Å². The van der Waals surface area contributed by atoms with Crippen LogP contribution in [0.4, 0.5) is 4.79 Å². The van der Waals surface area contributed by atoms with E-state index in [1.165, 1.54) is 0 Å². The van der Waals surface area contributed by atoms with Crippen LogP contribution in [-0.4, -0.2) is 17.6 Å². The van der Waals surface area contributed by atoms with E-state index in [9.17, 15) is 4.79 Å². The molecule has 0 aliphatic rings. The minimum absolute atomic E-state index is 0.193. The fourth-order valence-corrected chi connectivity index (χ4v) is 0.910. The highest BCUT2D eigenvalue weighted by molar-refractivity contribution is 5.73. The van der Waals surface area contributed by atoms with Crippen molar-refractivity contribution in [3.8, 4) is 0 Å². The summed E-state index contributed by atoms with van der Waals surface area (Å²) in [7, 11) is 0. The van der Waals surface area contributed by atoms with E-state index in [4.69, 9.17) is 0 Å². The number of amides is 2. The third-order valence-electron chi connectivity index (χ3n) is 1.61. The fourth-order valence-electron chi connectivity index (χ4n) is 0.910. The average Bonchev–Trinajstić information content (AvgIpc) is 2.25. The first kappa shape index (κ1) is 10.2. The highest BCUT2D eigenvalue weighted by Crippen LogP contribution is 1.94. The Kier molecular flexibility index (Phi) is 4.20. The van der Waals surface area contributed by atoms with Crippen molar-refractivity contribution >= 4 is 6.03 Å². The smallest absolute Gasteiger partial charge is 0.315 e. The van der Waals surface area contributed by atoms with Gasteiger partial charge < -0.3 is 10.6 Å². The molecule has 0 aromatic carbocycles.